The second-order valence-electron chi connectivity index (χ2n) is 7.92. The summed E-state index contributed by atoms with van der Waals surface area (Å²) in [4.78, 5) is 43.9. The number of thiazole rings is 1. The molecule has 1 saturated heterocycles. The van der Waals surface area contributed by atoms with E-state index in [0.29, 0.717) is 17.1 Å². The van der Waals surface area contributed by atoms with Crippen molar-refractivity contribution in [2.45, 2.75) is 45.1 Å². The van der Waals surface area contributed by atoms with E-state index in [0.717, 1.165) is 34.4 Å². The first-order chi connectivity index (χ1) is 15.5. The number of imide groups is 1. The van der Waals surface area contributed by atoms with Crippen molar-refractivity contribution in [2.24, 2.45) is 0 Å². The first kappa shape index (κ1) is 22.0. The van der Waals surface area contributed by atoms with Crippen LogP contribution in [0, 0.1) is 0 Å². The Hall–Kier alpha value is -3.26. The molecule has 0 spiro atoms. The van der Waals surface area contributed by atoms with Gasteiger partial charge in [-0.05, 0) is 42.5 Å². The molecule has 32 heavy (non-hydrogen) atoms. The molecule has 0 radical (unpaired) electrons. The number of fused-ring (bicyclic) bond motifs is 1. The molecule has 0 aliphatic carbocycles. The predicted molar refractivity (Wildman–Crippen MR) is 126 cm³/mol. The maximum absolute atomic E-state index is 13.2. The molecule has 1 atom stereocenters. The van der Waals surface area contributed by atoms with E-state index >= 15 is 0 Å². The van der Waals surface area contributed by atoms with Crippen LogP contribution < -0.4 is 10.6 Å². The number of aryl methyl sites for hydroxylation is 1. The zero-order valence-electron chi connectivity index (χ0n) is 18.2. The number of rotatable bonds is 8. The van der Waals surface area contributed by atoms with Gasteiger partial charge >= 0.3 is 6.03 Å². The van der Waals surface area contributed by atoms with Crippen molar-refractivity contribution in [3.63, 3.8) is 0 Å². The number of nitrogens with zero attached hydrogens (tertiary/aromatic N) is 2. The number of benzene rings is 2. The van der Waals surface area contributed by atoms with E-state index in [2.05, 4.69) is 34.7 Å². The first-order valence-corrected chi connectivity index (χ1v) is 11.7. The molecule has 4 rings (SSSR count). The molecule has 1 unspecified atom stereocenters. The van der Waals surface area contributed by atoms with E-state index in [1.807, 2.05) is 31.2 Å². The summed E-state index contributed by atoms with van der Waals surface area (Å²) in [6.45, 7) is 3.64. The van der Waals surface area contributed by atoms with E-state index < -0.39 is 23.4 Å². The Morgan fingerprint density at radius 2 is 1.94 bits per heavy atom. The number of nitrogens with one attached hydrogen (secondary N) is 2. The monoisotopic (exact) mass is 450 g/mol. The van der Waals surface area contributed by atoms with Crippen molar-refractivity contribution in [1.82, 2.24) is 15.2 Å². The van der Waals surface area contributed by atoms with Gasteiger partial charge in [0.2, 0.25) is 5.91 Å². The van der Waals surface area contributed by atoms with Crippen molar-refractivity contribution >= 4 is 44.5 Å². The molecule has 1 aromatic heterocycles. The largest absolute Gasteiger partial charge is 0.325 e. The van der Waals surface area contributed by atoms with E-state index in [1.165, 1.54) is 16.9 Å². The molecule has 2 N–H and O–H groups in total. The van der Waals surface area contributed by atoms with Crippen molar-refractivity contribution in [3.05, 3.63) is 59.7 Å². The summed E-state index contributed by atoms with van der Waals surface area (Å²) in [6.07, 6.45) is 3.66. The highest BCUT2D eigenvalue weighted by atomic mass is 32.1. The highest BCUT2D eigenvalue weighted by Gasteiger charge is 2.51. The number of amides is 4. The molecular formula is C24H26N4O3S. The van der Waals surface area contributed by atoms with Crippen LogP contribution in [0.15, 0.2) is 48.5 Å². The predicted octanol–water partition coefficient (Wildman–Crippen LogP) is 4.43. The highest BCUT2D eigenvalue weighted by Crippen LogP contribution is 2.32. The van der Waals surface area contributed by atoms with Crippen molar-refractivity contribution in [1.29, 1.82) is 0 Å². The lowest BCUT2D eigenvalue weighted by Crippen LogP contribution is -2.44. The number of hydrogen-bond donors (Lipinski definition) is 2. The smallest absolute Gasteiger partial charge is 0.319 e. The quantitative estimate of drug-likeness (QED) is 0.497. The lowest BCUT2D eigenvalue weighted by Gasteiger charge is -2.25. The lowest BCUT2D eigenvalue weighted by molar-refractivity contribution is -0.134. The molecule has 166 valence electrons. The second kappa shape index (κ2) is 9.08. The van der Waals surface area contributed by atoms with Crippen molar-refractivity contribution < 1.29 is 14.4 Å². The van der Waals surface area contributed by atoms with Crippen LogP contribution in [0.2, 0.25) is 0 Å². The van der Waals surface area contributed by atoms with Crippen LogP contribution in [0.3, 0.4) is 0 Å². The fraction of sp³-hybridized carbons (Fsp3) is 0.333. The van der Waals surface area contributed by atoms with Gasteiger partial charge in [0.25, 0.3) is 5.91 Å². The van der Waals surface area contributed by atoms with Gasteiger partial charge in [0.15, 0.2) is 5.13 Å². The molecule has 8 heteroatoms. The summed E-state index contributed by atoms with van der Waals surface area (Å²) in [7, 11) is 0. The minimum atomic E-state index is -1.15. The standard InChI is InChI=1S/C24H26N4O3S/c1-3-5-9-16-12-13-18-19(14-16)32-22(25-18)26-20(29)15-28-21(30)24(4-2,27-23(28)31)17-10-7-6-8-11-17/h6-8,10-14H,3-5,9,15H2,1-2H3,(H,27,31)(H,25,26,29). The summed E-state index contributed by atoms with van der Waals surface area (Å²) in [5.74, 6) is -0.880. The summed E-state index contributed by atoms with van der Waals surface area (Å²) in [5, 5.41) is 5.99. The third kappa shape index (κ3) is 4.10. The zero-order valence-corrected chi connectivity index (χ0v) is 19.0. The average Bonchev–Trinajstić information content (AvgIpc) is 3.31. The minimum absolute atomic E-state index is 0.364. The number of urea groups is 1. The fourth-order valence-electron chi connectivity index (χ4n) is 3.99. The highest BCUT2D eigenvalue weighted by molar-refractivity contribution is 7.22. The number of anilines is 1. The molecule has 7 nitrogen and oxygen atoms in total. The average molecular weight is 451 g/mol. The number of carbonyl (C=O) groups excluding carboxylic acids is 3. The van der Waals surface area contributed by atoms with Gasteiger partial charge in [0, 0.05) is 0 Å². The van der Waals surface area contributed by atoms with Gasteiger partial charge in [-0.25, -0.2) is 9.78 Å². The molecule has 3 aromatic rings. The Morgan fingerprint density at radius 1 is 1.16 bits per heavy atom. The maximum atomic E-state index is 13.2. The topological polar surface area (TPSA) is 91.4 Å². The first-order valence-electron chi connectivity index (χ1n) is 10.9. The molecule has 2 heterocycles. The molecule has 2 aromatic carbocycles. The SMILES string of the molecule is CCCCc1ccc2nc(NC(=O)CN3C(=O)NC(CC)(c4ccccc4)C3=O)sc2c1. The van der Waals surface area contributed by atoms with Gasteiger partial charge in [-0.15, -0.1) is 0 Å². The summed E-state index contributed by atoms with van der Waals surface area (Å²) < 4.78 is 0.998. The molecule has 0 saturated carbocycles. The van der Waals surface area contributed by atoms with Crippen LogP contribution in [0.4, 0.5) is 9.93 Å². The van der Waals surface area contributed by atoms with Gasteiger partial charge in [0.1, 0.15) is 12.1 Å². The third-order valence-corrected chi connectivity index (χ3v) is 6.73. The molecular weight excluding hydrogens is 424 g/mol. The number of unbranched alkanes of at least 4 members (excludes halogenated alkanes) is 1. The third-order valence-electron chi connectivity index (χ3n) is 5.79. The summed E-state index contributed by atoms with van der Waals surface area (Å²) in [5.41, 5.74) is 1.61. The zero-order chi connectivity index (χ0) is 22.7. The van der Waals surface area contributed by atoms with Crippen molar-refractivity contribution in [3.8, 4) is 0 Å². The van der Waals surface area contributed by atoms with Crippen LogP contribution in [0.25, 0.3) is 10.2 Å². The number of aromatic nitrogens is 1. The van der Waals surface area contributed by atoms with Crippen LogP contribution in [0.1, 0.15) is 44.2 Å². The Balaban J connectivity index is 1.47. The van der Waals surface area contributed by atoms with E-state index in [9.17, 15) is 14.4 Å². The number of hydrogen-bond acceptors (Lipinski definition) is 5. The van der Waals surface area contributed by atoms with Gasteiger partial charge < -0.3 is 10.6 Å². The van der Waals surface area contributed by atoms with Gasteiger partial charge in [-0.1, -0.05) is 68.0 Å². The van der Waals surface area contributed by atoms with E-state index in [4.69, 9.17) is 0 Å². The fourth-order valence-corrected chi connectivity index (χ4v) is 4.94. The lowest BCUT2D eigenvalue weighted by atomic mass is 9.87. The second-order valence-corrected chi connectivity index (χ2v) is 8.95. The molecule has 1 fully saturated rings. The van der Waals surface area contributed by atoms with Crippen LogP contribution >= 0.6 is 11.3 Å². The molecule has 1 aliphatic heterocycles. The van der Waals surface area contributed by atoms with Crippen LogP contribution in [-0.2, 0) is 21.5 Å². The van der Waals surface area contributed by atoms with Crippen LogP contribution in [-0.4, -0.2) is 34.3 Å². The Morgan fingerprint density at radius 3 is 2.66 bits per heavy atom. The normalized spacial score (nSPS) is 18.2. The summed E-state index contributed by atoms with van der Waals surface area (Å²) in [6, 6.07) is 14.7. The van der Waals surface area contributed by atoms with Gasteiger partial charge in [-0.3, -0.25) is 14.5 Å². The Labute approximate surface area is 190 Å². The summed E-state index contributed by atoms with van der Waals surface area (Å²) >= 11 is 1.39. The van der Waals surface area contributed by atoms with Gasteiger partial charge in [0.05, 0.1) is 10.2 Å². The van der Waals surface area contributed by atoms with E-state index in [-0.39, 0.29) is 6.54 Å². The number of carbonyl (C=O) groups is 3. The van der Waals surface area contributed by atoms with E-state index in [1.54, 1.807) is 12.1 Å². The maximum Gasteiger partial charge on any atom is 0.325 e. The van der Waals surface area contributed by atoms with Crippen LogP contribution in [0.5, 0.6) is 0 Å². The minimum Gasteiger partial charge on any atom is -0.319 e. The Bertz CT molecular complexity index is 1160. The molecule has 1 aliphatic rings. The Kier molecular flexibility index (Phi) is 6.23. The molecule has 0 bridgehead atoms. The van der Waals surface area contributed by atoms with Gasteiger partial charge in [-0.2, -0.15) is 0 Å². The molecule has 4 amide bonds. The van der Waals surface area contributed by atoms with Crippen molar-refractivity contribution in [2.75, 3.05) is 11.9 Å².